The summed E-state index contributed by atoms with van der Waals surface area (Å²) in [5.41, 5.74) is 1.34. The van der Waals surface area contributed by atoms with Crippen LogP contribution in [0.2, 0.25) is 30.1 Å². The molecule has 0 saturated carbocycles. The average molecular weight is 561 g/mol. The van der Waals surface area contributed by atoms with Gasteiger partial charge in [0.05, 0.1) is 20.1 Å². The number of carbonyl (C=O) groups is 1. The third-order valence-corrected chi connectivity index (χ3v) is 6.15. The minimum absolute atomic E-state index is 0.111. The van der Waals surface area contributed by atoms with Gasteiger partial charge in [-0.3, -0.25) is 4.79 Å². The van der Waals surface area contributed by atoms with Crippen LogP contribution in [0.4, 0.5) is 5.69 Å². The highest BCUT2D eigenvalue weighted by atomic mass is 35.5. The molecule has 10 heteroatoms. The number of hydrogen-bond donors (Lipinski definition) is 1. The number of nitrogens with one attached hydrogen (secondary N) is 1. The fraction of sp³-hybridized carbons (Fsp3) is 0.0435. The maximum absolute atomic E-state index is 12.5. The molecule has 0 heterocycles. The van der Waals surface area contributed by atoms with Gasteiger partial charge in [-0.1, -0.05) is 75.7 Å². The number of rotatable bonds is 6. The second-order valence-electron chi connectivity index (χ2n) is 6.59. The fourth-order valence-corrected chi connectivity index (χ4v) is 4.05. The number of ether oxygens (including phenoxy) is 1. The summed E-state index contributed by atoms with van der Waals surface area (Å²) < 4.78 is 5.73. The molecule has 1 amide bonds. The summed E-state index contributed by atoms with van der Waals surface area (Å²) in [7, 11) is 0. The summed E-state index contributed by atoms with van der Waals surface area (Å²) in [6.07, 6.45) is 1.35. The Morgan fingerprint density at radius 3 is 2.18 bits per heavy atom. The van der Waals surface area contributed by atoms with Crippen molar-refractivity contribution < 1.29 is 9.53 Å². The highest BCUT2D eigenvalue weighted by Crippen LogP contribution is 2.36. The molecular weight excluding hydrogens is 549 g/mol. The molecule has 0 fully saturated rings. The van der Waals surface area contributed by atoms with Crippen molar-refractivity contribution >= 4 is 87.3 Å². The first kappa shape index (κ1) is 25.5. The van der Waals surface area contributed by atoms with Crippen LogP contribution in [0.15, 0.2) is 54.1 Å². The molecule has 0 aliphatic heterocycles. The van der Waals surface area contributed by atoms with Crippen LogP contribution < -0.4 is 10.1 Å². The van der Waals surface area contributed by atoms with Crippen molar-refractivity contribution in [3.8, 4) is 11.8 Å². The normalized spacial score (nSPS) is 11.1. The summed E-state index contributed by atoms with van der Waals surface area (Å²) >= 11 is 36.5. The molecule has 0 aromatic heterocycles. The van der Waals surface area contributed by atoms with Gasteiger partial charge in [0.15, 0.2) is 5.75 Å². The van der Waals surface area contributed by atoms with E-state index in [1.54, 1.807) is 24.3 Å². The summed E-state index contributed by atoms with van der Waals surface area (Å²) in [5.74, 6) is -0.402. The number of halogens is 6. The van der Waals surface area contributed by atoms with Crippen molar-refractivity contribution in [1.82, 2.24) is 0 Å². The lowest BCUT2D eigenvalue weighted by molar-refractivity contribution is -0.112. The van der Waals surface area contributed by atoms with Crippen LogP contribution in [0.3, 0.4) is 0 Å². The topological polar surface area (TPSA) is 62.1 Å². The average Bonchev–Trinajstić information content (AvgIpc) is 2.75. The summed E-state index contributed by atoms with van der Waals surface area (Å²) in [4.78, 5) is 12.5. The van der Waals surface area contributed by atoms with Gasteiger partial charge in [0.25, 0.3) is 5.91 Å². The monoisotopic (exact) mass is 558 g/mol. The Balaban J connectivity index is 1.78. The second kappa shape index (κ2) is 11.4. The molecule has 1 N–H and O–H groups in total. The molecule has 0 radical (unpaired) electrons. The van der Waals surface area contributed by atoms with Crippen molar-refractivity contribution in [2.75, 3.05) is 5.32 Å². The standard InChI is InChI=1S/C23H12Cl6N2O2/c24-15-2-1-13(18(26)8-15)11-33-22-20(28)6-12(7-21(22)29)5-14(10-30)23(32)31-16-3-4-17(25)19(27)9-16/h1-9H,11H2,(H,31,32)/b14-5+. The van der Waals surface area contributed by atoms with E-state index < -0.39 is 5.91 Å². The third-order valence-electron chi connectivity index (χ3n) is 4.26. The summed E-state index contributed by atoms with van der Waals surface area (Å²) in [5, 5.41) is 14.0. The van der Waals surface area contributed by atoms with E-state index in [1.165, 1.54) is 30.3 Å². The van der Waals surface area contributed by atoms with Crippen LogP contribution in [-0.2, 0) is 11.4 Å². The SMILES string of the molecule is N#C/C(=C\c1cc(Cl)c(OCc2ccc(Cl)cc2Cl)c(Cl)c1)C(=O)Nc1ccc(Cl)c(Cl)c1. The molecule has 0 aliphatic carbocycles. The van der Waals surface area contributed by atoms with Crippen molar-refractivity contribution in [2.45, 2.75) is 6.61 Å². The molecular formula is C23H12Cl6N2O2. The van der Waals surface area contributed by atoms with Gasteiger partial charge in [-0.2, -0.15) is 5.26 Å². The Labute approximate surface area is 220 Å². The zero-order valence-corrected chi connectivity index (χ0v) is 21.0. The van der Waals surface area contributed by atoms with Gasteiger partial charge < -0.3 is 10.1 Å². The van der Waals surface area contributed by atoms with E-state index in [4.69, 9.17) is 74.3 Å². The molecule has 3 aromatic carbocycles. The predicted octanol–water partition coefficient (Wildman–Crippen LogP) is 8.73. The molecule has 33 heavy (non-hydrogen) atoms. The summed E-state index contributed by atoms with van der Waals surface area (Å²) in [6.45, 7) is 0.111. The quantitative estimate of drug-likeness (QED) is 0.242. The zero-order chi connectivity index (χ0) is 24.1. The summed E-state index contributed by atoms with van der Waals surface area (Å²) in [6, 6.07) is 14.5. The highest BCUT2D eigenvalue weighted by Gasteiger charge is 2.14. The molecule has 0 unspecified atom stereocenters. The maximum Gasteiger partial charge on any atom is 0.266 e. The lowest BCUT2D eigenvalue weighted by atomic mass is 10.1. The molecule has 0 spiro atoms. The lowest BCUT2D eigenvalue weighted by Gasteiger charge is -2.12. The van der Waals surface area contributed by atoms with Crippen molar-refractivity contribution in [2.24, 2.45) is 0 Å². The highest BCUT2D eigenvalue weighted by molar-refractivity contribution is 6.42. The van der Waals surface area contributed by atoms with Crippen LogP contribution in [0, 0.1) is 11.3 Å². The van der Waals surface area contributed by atoms with Gasteiger partial charge in [0.2, 0.25) is 0 Å². The first-order chi connectivity index (χ1) is 15.7. The molecule has 0 saturated heterocycles. The number of carbonyl (C=O) groups excluding carboxylic acids is 1. The van der Waals surface area contributed by atoms with E-state index in [9.17, 15) is 10.1 Å². The molecule has 3 aromatic rings. The zero-order valence-electron chi connectivity index (χ0n) is 16.4. The van der Waals surface area contributed by atoms with Gasteiger partial charge in [-0.15, -0.1) is 0 Å². The van der Waals surface area contributed by atoms with Gasteiger partial charge in [-0.25, -0.2) is 0 Å². The second-order valence-corrected chi connectivity index (χ2v) is 9.06. The van der Waals surface area contributed by atoms with E-state index in [0.717, 1.165) is 0 Å². The van der Waals surface area contributed by atoms with E-state index in [0.29, 0.717) is 31.9 Å². The number of anilines is 1. The minimum Gasteiger partial charge on any atom is -0.486 e. The molecule has 3 rings (SSSR count). The van der Waals surface area contributed by atoms with Crippen molar-refractivity contribution in [3.05, 3.63) is 95.4 Å². The Morgan fingerprint density at radius 1 is 0.879 bits per heavy atom. The van der Waals surface area contributed by atoms with E-state index in [2.05, 4.69) is 5.32 Å². The van der Waals surface area contributed by atoms with Gasteiger partial charge in [-0.05, 0) is 54.1 Å². The van der Waals surface area contributed by atoms with E-state index >= 15 is 0 Å². The number of nitrogens with zero attached hydrogens (tertiary/aromatic N) is 1. The number of hydrogen-bond acceptors (Lipinski definition) is 3. The molecule has 0 aliphatic rings. The predicted molar refractivity (Wildman–Crippen MR) is 136 cm³/mol. The lowest BCUT2D eigenvalue weighted by Crippen LogP contribution is -2.13. The first-order valence-corrected chi connectivity index (χ1v) is 11.4. The van der Waals surface area contributed by atoms with Crippen LogP contribution >= 0.6 is 69.6 Å². The third kappa shape index (κ3) is 6.71. The van der Waals surface area contributed by atoms with Gasteiger partial charge >= 0.3 is 0 Å². The molecule has 4 nitrogen and oxygen atoms in total. The Morgan fingerprint density at radius 2 is 1.58 bits per heavy atom. The van der Waals surface area contributed by atoms with Crippen LogP contribution in [0.5, 0.6) is 5.75 Å². The smallest absolute Gasteiger partial charge is 0.266 e. The van der Waals surface area contributed by atoms with Crippen molar-refractivity contribution in [1.29, 1.82) is 5.26 Å². The van der Waals surface area contributed by atoms with Crippen LogP contribution in [0.1, 0.15) is 11.1 Å². The van der Waals surface area contributed by atoms with E-state index in [-0.39, 0.29) is 33.0 Å². The largest absolute Gasteiger partial charge is 0.486 e. The Kier molecular flexibility index (Phi) is 8.78. The first-order valence-electron chi connectivity index (χ1n) is 9.12. The molecule has 0 bridgehead atoms. The van der Waals surface area contributed by atoms with Crippen LogP contribution in [-0.4, -0.2) is 5.91 Å². The van der Waals surface area contributed by atoms with Crippen LogP contribution in [0.25, 0.3) is 6.08 Å². The maximum atomic E-state index is 12.5. The minimum atomic E-state index is -0.638. The van der Waals surface area contributed by atoms with Gasteiger partial charge in [0.1, 0.15) is 18.2 Å². The molecule has 168 valence electrons. The number of benzene rings is 3. The Bertz CT molecular complexity index is 1280. The Hall–Kier alpha value is -2.10. The van der Waals surface area contributed by atoms with Crippen molar-refractivity contribution in [3.63, 3.8) is 0 Å². The van der Waals surface area contributed by atoms with Gasteiger partial charge in [0, 0.05) is 21.3 Å². The fourth-order valence-electron chi connectivity index (χ4n) is 2.68. The van der Waals surface area contributed by atoms with E-state index in [1.807, 2.05) is 6.07 Å². The number of amides is 1. The number of nitriles is 1. The molecule has 0 atom stereocenters.